The summed E-state index contributed by atoms with van der Waals surface area (Å²) < 4.78 is 1.14. The Balaban J connectivity index is 2.20. The van der Waals surface area contributed by atoms with Crippen molar-refractivity contribution in [3.05, 3.63) is 55.6 Å². The SMILES string of the molecule is CCC(N)C(c1ccc(Cl)cc1)N(C)Cc1cc(Br)cs1. The molecule has 114 valence electrons. The standard InChI is InChI=1S/C16H20BrClN2S/c1-3-15(19)16(11-4-6-13(18)7-5-11)20(2)9-14-8-12(17)10-21-14/h4-8,10,15-16H,3,9,19H2,1-2H3. The van der Waals surface area contributed by atoms with Crippen molar-refractivity contribution in [3.63, 3.8) is 0 Å². The molecule has 2 unspecified atom stereocenters. The normalized spacial score (nSPS) is 14.4. The van der Waals surface area contributed by atoms with Crippen LogP contribution in [0, 0.1) is 0 Å². The van der Waals surface area contributed by atoms with E-state index in [1.807, 2.05) is 12.1 Å². The van der Waals surface area contributed by atoms with Crippen molar-refractivity contribution in [1.29, 1.82) is 0 Å². The molecule has 0 radical (unpaired) electrons. The third-order valence-electron chi connectivity index (χ3n) is 3.59. The summed E-state index contributed by atoms with van der Waals surface area (Å²) in [6, 6.07) is 10.5. The highest BCUT2D eigenvalue weighted by Gasteiger charge is 2.23. The molecule has 21 heavy (non-hydrogen) atoms. The molecule has 2 rings (SSSR count). The topological polar surface area (TPSA) is 29.3 Å². The van der Waals surface area contributed by atoms with Gasteiger partial charge in [0.05, 0.1) is 0 Å². The number of nitrogens with zero attached hydrogens (tertiary/aromatic N) is 1. The first-order valence-electron chi connectivity index (χ1n) is 6.95. The number of rotatable bonds is 6. The molecular weight excluding hydrogens is 368 g/mol. The van der Waals surface area contributed by atoms with Crippen LogP contribution in [0.2, 0.25) is 5.02 Å². The third kappa shape index (κ3) is 4.54. The first kappa shape index (κ1) is 17.0. The molecule has 5 heteroatoms. The fourth-order valence-corrected chi connectivity index (χ4v) is 4.13. The Labute approximate surface area is 144 Å². The van der Waals surface area contributed by atoms with Crippen LogP contribution in [-0.2, 0) is 6.54 Å². The van der Waals surface area contributed by atoms with Gasteiger partial charge in [-0.2, -0.15) is 0 Å². The second-order valence-electron chi connectivity index (χ2n) is 5.21. The van der Waals surface area contributed by atoms with Crippen LogP contribution in [0.4, 0.5) is 0 Å². The van der Waals surface area contributed by atoms with E-state index in [0.29, 0.717) is 0 Å². The molecule has 2 nitrogen and oxygen atoms in total. The Morgan fingerprint density at radius 2 is 2.00 bits per heavy atom. The molecule has 2 atom stereocenters. The van der Waals surface area contributed by atoms with E-state index < -0.39 is 0 Å². The van der Waals surface area contributed by atoms with Crippen LogP contribution in [0.3, 0.4) is 0 Å². The monoisotopic (exact) mass is 386 g/mol. The molecule has 0 aliphatic heterocycles. The van der Waals surface area contributed by atoms with Crippen LogP contribution in [-0.4, -0.2) is 18.0 Å². The van der Waals surface area contributed by atoms with Gasteiger partial charge in [0.25, 0.3) is 0 Å². The van der Waals surface area contributed by atoms with Crippen LogP contribution in [0.25, 0.3) is 0 Å². The smallest absolute Gasteiger partial charge is 0.0499 e. The van der Waals surface area contributed by atoms with Gasteiger partial charge in [-0.1, -0.05) is 30.7 Å². The Hall–Kier alpha value is -0.390. The number of nitrogens with two attached hydrogens (primary N) is 1. The maximum absolute atomic E-state index is 6.37. The zero-order chi connectivity index (χ0) is 15.4. The summed E-state index contributed by atoms with van der Waals surface area (Å²) in [6.07, 6.45) is 0.936. The van der Waals surface area contributed by atoms with Crippen LogP contribution < -0.4 is 5.73 Å². The lowest BCUT2D eigenvalue weighted by atomic mass is 9.96. The fraction of sp³-hybridized carbons (Fsp3) is 0.375. The highest BCUT2D eigenvalue weighted by molar-refractivity contribution is 9.10. The Bertz CT molecular complexity index is 570. The van der Waals surface area contributed by atoms with Gasteiger partial charge >= 0.3 is 0 Å². The number of halogens is 2. The van der Waals surface area contributed by atoms with Gasteiger partial charge in [-0.15, -0.1) is 11.3 Å². The summed E-state index contributed by atoms with van der Waals surface area (Å²) >= 11 is 11.3. The first-order chi connectivity index (χ1) is 10.0. The lowest BCUT2D eigenvalue weighted by Gasteiger charge is -2.32. The van der Waals surface area contributed by atoms with Crippen LogP contribution in [0.15, 0.2) is 40.2 Å². The average Bonchev–Trinajstić information content (AvgIpc) is 2.86. The minimum atomic E-state index is 0.0968. The van der Waals surface area contributed by atoms with Gasteiger partial charge in [-0.3, -0.25) is 4.90 Å². The van der Waals surface area contributed by atoms with Crippen LogP contribution in [0.1, 0.15) is 29.8 Å². The number of benzene rings is 1. The van der Waals surface area contributed by atoms with E-state index in [1.165, 1.54) is 10.4 Å². The number of thiophene rings is 1. The van der Waals surface area contributed by atoms with Crippen LogP contribution in [0.5, 0.6) is 0 Å². The van der Waals surface area contributed by atoms with Gasteiger partial charge in [0.1, 0.15) is 0 Å². The maximum Gasteiger partial charge on any atom is 0.0499 e. The predicted octanol–water partition coefficient (Wildman–Crippen LogP) is 5.07. The zero-order valence-corrected chi connectivity index (χ0v) is 15.4. The highest BCUT2D eigenvalue weighted by atomic mass is 79.9. The van der Waals surface area contributed by atoms with Crippen molar-refractivity contribution in [1.82, 2.24) is 4.90 Å². The van der Waals surface area contributed by atoms with Gasteiger partial charge < -0.3 is 5.73 Å². The summed E-state index contributed by atoms with van der Waals surface area (Å²) in [4.78, 5) is 3.64. The maximum atomic E-state index is 6.37. The molecule has 1 aromatic heterocycles. The lowest BCUT2D eigenvalue weighted by molar-refractivity contribution is 0.203. The third-order valence-corrected chi connectivity index (χ3v) is 5.52. The summed E-state index contributed by atoms with van der Waals surface area (Å²) in [7, 11) is 2.13. The quantitative estimate of drug-likeness (QED) is 0.749. The van der Waals surface area contributed by atoms with Crippen molar-refractivity contribution >= 4 is 38.9 Å². The molecule has 0 fully saturated rings. The molecule has 1 aromatic carbocycles. The van der Waals surface area contributed by atoms with Crippen molar-refractivity contribution in [2.45, 2.75) is 32.0 Å². The molecule has 1 heterocycles. The predicted molar refractivity (Wildman–Crippen MR) is 95.9 cm³/mol. The lowest BCUT2D eigenvalue weighted by Crippen LogP contribution is -2.38. The van der Waals surface area contributed by atoms with E-state index in [-0.39, 0.29) is 12.1 Å². The number of hydrogen-bond donors (Lipinski definition) is 1. The zero-order valence-electron chi connectivity index (χ0n) is 12.2. The molecule has 0 aliphatic rings. The minimum Gasteiger partial charge on any atom is -0.326 e. The van der Waals surface area contributed by atoms with Crippen molar-refractivity contribution in [3.8, 4) is 0 Å². The first-order valence-corrected chi connectivity index (χ1v) is 9.00. The average molecular weight is 388 g/mol. The van der Waals surface area contributed by atoms with E-state index in [9.17, 15) is 0 Å². The van der Waals surface area contributed by atoms with Gasteiger partial charge in [-0.25, -0.2) is 0 Å². The molecule has 0 saturated carbocycles. The Morgan fingerprint density at radius 1 is 1.33 bits per heavy atom. The van der Waals surface area contributed by atoms with Crippen molar-refractivity contribution in [2.24, 2.45) is 5.73 Å². The van der Waals surface area contributed by atoms with E-state index in [1.54, 1.807) is 11.3 Å². The summed E-state index contributed by atoms with van der Waals surface area (Å²) in [5.41, 5.74) is 7.58. The molecule has 0 saturated heterocycles. The number of hydrogen-bond acceptors (Lipinski definition) is 3. The molecule has 0 aliphatic carbocycles. The van der Waals surface area contributed by atoms with E-state index in [0.717, 1.165) is 22.5 Å². The van der Waals surface area contributed by atoms with Gasteiger partial charge in [-0.05, 0) is 53.2 Å². The van der Waals surface area contributed by atoms with E-state index in [2.05, 4.69) is 58.4 Å². The molecule has 2 N–H and O–H groups in total. The van der Waals surface area contributed by atoms with Crippen LogP contribution >= 0.6 is 38.9 Å². The van der Waals surface area contributed by atoms with Gasteiger partial charge in [0.2, 0.25) is 0 Å². The Morgan fingerprint density at radius 3 is 2.52 bits per heavy atom. The van der Waals surface area contributed by atoms with Crippen molar-refractivity contribution < 1.29 is 0 Å². The Kier molecular flexibility index (Phi) is 6.26. The summed E-state index contributed by atoms with van der Waals surface area (Å²) in [5.74, 6) is 0. The van der Waals surface area contributed by atoms with Gasteiger partial charge in [0, 0.05) is 38.4 Å². The molecule has 2 aromatic rings. The number of likely N-dealkylation sites (N-methyl/N-ethyl adjacent to an activating group) is 1. The second-order valence-corrected chi connectivity index (χ2v) is 7.56. The van der Waals surface area contributed by atoms with E-state index >= 15 is 0 Å². The highest BCUT2D eigenvalue weighted by Crippen LogP contribution is 2.28. The molecular formula is C16H20BrClN2S. The fourth-order valence-electron chi connectivity index (χ4n) is 2.49. The molecule has 0 bridgehead atoms. The largest absolute Gasteiger partial charge is 0.326 e. The van der Waals surface area contributed by atoms with E-state index in [4.69, 9.17) is 17.3 Å². The second kappa shape index (κ2) is 7.75. The summed E-state index contributed by atoms with van der Waals surface area (Å²) in [5, 5.41) is 2.87. The van der Waals surface area contributed by atoms with Gasteiger partial charge in [0.15, 0.2) is 0 Å². The summed E-state index contributed by atoms with van der Waals surface area (Å²) in [6.45, 7) is 3.01. The minimum absolute atomic E-state index is 0.0968. The molecule has 0 amide bonds. The van der Waals surface area contributed by atoms with Crippen molar-refractivity contribution in [2.75, 3.05) is 7.05 Å². The molecule has 0 spiro atoms.